The van der Waals surface area contributed by atoms with Gasteiger partial charge in [-0.2, -0.15) is 5.26 Å². The Morgan fingerprint density at radius 3 is 2.63 bits per heavy atom. The Labute approximate surface area is 110 Å². The summed E-state index contributed by atoms with van der Waals surface area (Å²) in [5.41, 5.74) is 0.407. The van der Waals surface area contributed by atoms with Crippen molar-refractivity contribution in [1.29, 1.82) is 5.26 Å². The lowest BCUT2D eigenvalue weighted by atomic mass is 9.69. The van der Waals surface area contributed by atoms with E-state index in [1.807, 2.05) is 0 Å². The van der Waals surface area contributed by atoms with Gasteiger partial charge in [-0.1, -0.05) is 12.1 Å². The van der Waals surface area contributed by atoms with Crippen LogP contribution in [0.1, 0.15) is 25.1 Å². The molecule has 3 nitrogen and oxygen atoms in total. The van der Waals surface area contributed by atoms with Crippen LogP contribution < -0.4 is 0 Å². The maximum absolute atomic E-state index is 13.8. The molecule has 4 heteroatoms. The summed E-state index contributed by atoms with van der Waals surface area (Å²) >= 11 is 0. The van der Waals surface area contributed by atoms with Crippen LogP contribution in [0.5, 0.6) is 0 Å². The highest BCUT2D eigenvalue weighted by Gasteiger charge is 2.41. The Kier molecular flexibility index (Phi) is 2.75. The smallest absolute Gasteiger partial charge is 0.149 e. The highest BCUT2D eigenvalue weighted by molar-refractivity contribution is 5.59. The maximum atomic E-state index is 13.8. The van der Waals surface area contributed by atoms with Crippen molar-refractivity contribution in [3.05, 3.63) is 48.2 Å². The molecule has 0 spiro atoms. The van der Waals surface area contributed by atoms with E-state index >= 15 is 0 Å². The van der Waals surface area contributed by atoms with Crippen LogP contribution in [-0.4, -0.2) is 9.97 Å². The zero-order chi connectivity index (χ0) is 13.3. The third kappa shape index (κ3) is 1.88. The molecular formula is C15H12FN3. The number of hydrogen-bond donors (Lipinski definition) is 0. The van der Waals surface area contributed by atoms with Gasteiger partial charge in [0.15, 0.2) is 0 Å². The normalized spacial score (nSPS) is 16.4. The molecule has 0 bridgehead atoms. The number of benzene rings is 1. The Balaban J connectivity index is 2.07. The lowest BCUT2D eigenvalue weighted by Gasteiger charge is -2.33. The SMILES string of the molecule is N#CC1(c2nccc(-c3ccccc3F)n2)CCC1. The van der Waals surface area contributed by atoms with Crippen LogP contribution >= 0.6 is 0 Å². The fourth-order valence-corrected chi connectivity index (χ4v) is 2.32. The third-order valence-electron chi connectivity index (χ3n) is 3.65. The van der Waals surface area contributed by atoms with Gasteiger partial charge in [0.25, 0.3) is 0 Å². The third-order valence-corrected chi connectivity index (χ3v) is 3.65. The van der Waals surface area contributed by atoms with Gasteiger partial charge in [-0.25, -0.2) is 14.4 Å². The number of nitrogens with zero attached hydrogens (tertiary/aromatic N) is 3. The highest BCUT2D eigenvalue weighted by atomic mass is 19.1. The molecule has 1 aromatic heterocycles. The van der Waals surface area contributed by atoms with E-state index in [0.29, 0.717) is 17.1 Å². The minimum absolute atomic E-state index is 0.313. The molecule has 1 heterocycles. The van der Waals surface area contributed by atoms with Gasteiger partial charge in [-0.05, 0) is 37.5 Å². The van der Waals surface area contributed by atoms with Crippen molar-refractivity contribution in [2.24, 2.45) is 0 Å². The fourth-order valence-electron chi connectivity index (χ4n) is 2.32. The van der Waals surface area contributed by atoms with Gasteiger partial charge in [0, 0.05) is 11.8 Å². The van der Waals surface area contributed by atoms with Crippen molar-refractivity contribution in [3.63, 3.8) is 0 Å². The van der Waals surface area contributed by atoms with Crippen LogP contribution in [0.25, 0.3) is 11.3 Å². The molecule has 1 fully saturated rings. The van der Waals surface area contributed by atoms with Crippen molar-refractivity contribution < 1.29 is 4.39 Å². The zero-order valence-electron chi connectivity index (χ0n) is 10.3. The summed E-state index contributed by atoms with van der Waals surface area (Å²) in [6, 6.07) is 10.5. The lowest BCUT2D eigenvalue weighted by molar-refractivity contribution is 0.307. The Morgan fingerprint density at radius 1 is 1.21 bits per heavy atom. The summed E-state index contributed by atoms with van der Waals surface area (Å²) in [4.78, 5) is 8.60. The molecule has 2 aromatic rings. The van der Waals surface area contributed by atoms with E-state index in [9.17, 15) is 9.65 Å². The molecule has 0 atom stereocenters. The van der Waals surface area contributed by atoms with Gasteiger partial charge in [0.1, 0.15) is 17.1 Å². The number of halogens is 1. The van der Waals surface area contributed by atoms with Crippen LogP contribution in [0.4, 0.5) is 4.39 Å². The molecule has 0 amide bonds. The van der Waals surface area contributed by atoms with Crippen molar-refractivity contribution in [3.8, 4) is 17.3 Å². The molecule has 1 aromatic carbocycles. The molecule has 1 aliphatic carbocycles. The van der Waals surface area contributed by atoms with E-state index in [2.05, 4.69) is 16.0 Å². The first-order valence-electron chi connectivity index (χ1n) is 6.25. The molecule has 0 saturated heterocycles. The van der Waals surface area contributed by atoms with Crippen molar-refractivity contribution >= 4 is 0 Å². The van der Waals surface area contributed by atoms with E-state index in [0.717, 1.165) is 19.3 Å². The monoisotopic (exact) mass is 253 g/mol. The van der Waals surface area contributed by atoms with E-state index < -0.39 is 5.41 Å². The summed E-state index contributed by atoms with van der Waals surface area (Å²) < 4.78 is 13.8. The first-order valence-corrected chi connectivity index (χ1v) is 6.25. The molecule has 94 valence electrons. The van der Waals surface area contributed by atoms with Crippen LogP contribution in [0.3, 0.4) is 0 Å². The Hall–Kier alpha value is -2.28. The summed E-state index contributed by atoms with van der Waals surface area (Å²) in [5.74, 6) is 0.203. The quantitative estimate of drug-likeness (QED) is 0.825. The van der Waals surface area contributed by atoms with Gasteiger partial charge < -0.3 is 0 Å². The largest absolute Gasteiger partial charge is 0.240 e. The van der Waals surface area contributed by atoms with E-state index in [1.54, 1.807) is 30.5 Å². The predicted molar refractivity (Wildman–Crippen MR) is 68.6 cm³/mol. The minimum atomic E-state index is -0.568. The number of rotatable bonds is 2. The number of hydrogen-bond acceptors (Lipinski definition) is 3. The van der Waals surface area contributed by atoms with Crippen LogP contribution in [-0.2, 0) is 5.41 Å². The van der Waals surface area contributed by atoms with E-state index in [1.165, 1.54) is 6.07 Å². The van der Waals surface area contributed by atoms with Gasteiger partial charge in [-0.3, -0.25) is 0 Å². The minimum Gasteiger partial charge on any atom is -0.240 e. The predicted octanol–water partition coefficient (Wildman–Crippen LogP) is 3.23. The van der Waals surface area contributed by atoms with E-state index in [4.69, 9.17) is 0 Å². The number of nitriles is 1. The highest BCUT2D eigenvalue weighted by Crippen LogP contribution is 2.41. The molecule has 0 aliphatic heterocycles. The standard InChI is InChI=1S/C15H12FN3/c16-12-5-2-1-4-11(12)13-6-9-18-14(19-13)15(10-17)7-3-8-15/h1-2,4-6,9H,3,7-8H2. The molecule has 3 rings (SSSR count). The molecule has 1 saturated carbocycles. The maximum Gasteiger partial charge on any atom is 0.149 e. The van der Waals surface area contributed by atoms with Gasteiger partial charge >= 0.3 is 0 Å². The second kappa shape index (κ2) is 4.43. The first-order chi connectivity index (χ1) is 9.25. The average molecular weight is 253 g/mol. The zero-order valence-corrected chi connectivity index (χ0v) is 10.3. The fraction of sp³-hybridized carbons (Fsp3) is 0.267. The molecule has 0 radical (unpaired) electrons. The lowest BCUT2D eigenvalue weighted by Crippen LogP contribution is -2.34. The molecule has 0 unspecified atom stereocenters. The summed E-state index contributed by atoms with van der Waals surface area (Å²) in [7, 11) is 0. The molecule has 19 heavy (non-hydrogen) atoms. The van der Waals surface area contributed by atoms with Gasteiger partial charge in [0.05, 0.1) is 11.8 Å². The molecule has 0 N–H and O–H groups in total. The van der Waals surface area contributed by atoms with Gasteiger partial charge in [-0.15, -0.1) is 0 Å². The topological polar surface area (TPSA) is 49.6 Å². The van der Waals surface area contributed by atoms with Crippen LogP contribution in [0.15, 0.2) is 36.5 Å². The second-order valence-corrected chi connectivity index (χ2v) is 4.79. The van der Waals surface area contributed by atoms with Gasteiger partial charge in [0.2, 0.25) is 0 Å². The van der Waals surface area contributed by atoms with E-state index in [-0.39, 0.29) is 5.82 Å². The number of aromatic nitrogens is 2. The summed E-state index contributed by atoms with van der Waals surface area (Å²) in [6.45, 7) is 0. The summed E-state index contributed by atoms with van der Waals surface area (Å²) in [6.07, 6.45) is 4.18. The van der Waals surface area contributed by atoms with Crippen LogP contribution in [0.2, 0.25) is 0 Å². The second-order valence-electron chi connectivity index (χ2n) is 4.79. The van der Waals surface area contributed by atoms with Crippen molar-refractivity contribution in [2.75, 3.05) is 0 Å². The van der Waals surface area contributed by atoms with Crippen LogP contribution in [0, 0.1) is 17.1 Å². The van der Waals surface area contributed by atoms with Crippen molar-refractivity contribution in [2.45, 2.75) is 24.7 Å². The first kappa shape index (κ1) is 11.8. The molecule has 1 aliphatic rings. The summed E-state index contributed by atoms with van der Waals surface area (Å²) in [5, 5.41) is 9.30. The Morgan fingerprint density at radius 2 is 2.00 bits per heavy atom. The Bertz CT molecular complexity index is 656. The molecular weight excluding hydrogens is 241 g/mol. The average Bonchev–Trinajstić information content (AvgIpc) is 2.39. The van der Waals surface area contributed by atoms with Crippen molar-refractivity contribution in [1.82, 2.24) is 9.97 Å².